The zero-order valence-electron chi connectivity index (χ0n) is 9.35. The fourth-order valence-electron chi connectivity index (χ4n) is 2.36. The summed E-state index contributed by atoms with van der Waals surface area (Å²) in [7, 11) is 0. The lowest BCUT2D eigenvalue weighted by atomic mass is 10.0. The van der Waals surface area contributed by atoms with Crippen molar-refractivity contribution in [1.29, 1.82) is 0 Å². The monoisotopic (exact) mass is 214 g/mol. The van der Waals surface area contributed by atoms with Crippen LogP contribution >= 0.6 is 11.3 Å². The number of thiophene rings is 1. The molecular formula is C14H14S. The molecule has 0 fully saturated rings. The first-order chi connectivity index (χ1) is 7.15. The molecule has 0 atom stereocenters. The van der Waals surface area contributed by atoms with Crippen LogP contribution in [0.15, 0.2) is 18.2 Å². The molecule has 1 heteroatoms. The third-order valence-corrected chi connectivity index (χ3v) is 4.40. The predicted molar refractivity (Wildman–Crippen MR) is 66.8 cm³/mol. The third kappa shape index (κ3) is 1.26. The van der Waals surface area contributed by atoms with Gasteiger partial charge in [-0.05, 0) is 61.1 Å². The Balaban J connectivity index is 2.27. The van der Waals surface area contributed by atoms with E-state index in [1.807, 2.05) is 11.3 Å². The van der Waals surface area contributed by atoms with Gasteiger partial charge in [0.15, 0.2) is 0 Å². The molecule has 0 spiro atoms. The van der Waals surface area contributed by atoms with Gasteiger partial charge in [0.25, 0.3) is 0 Å². The van der Waals surface area contributed by atoms with Crippen LogP contribution in [0.5, 0.6) is 0 Å². The molecule has 76 valence electrons. The number of rotatable bonds is 0. The molecule has 1 aromatic heterocycles. The minimum Gasteiger partial charge on any atom is -0.140 e. The summed E-state index contributed by atoms with van der Waals surface area (Å²) in [5, 5.41) is 0. The second kappa shape index (κ2) is 2.96. The molecule has 15 heavy (non-hydrogen) atoms. The summed E-state index contributed by atoms with van der Waals surface area (Å²) >= 11 is 1.93. The Labute approximate surface area is 94.6 Å². The highest BCUT2D eigenvalue weighted by atomic mass is 32.1. The molecule has 0 nitrogen and oxygen atoms in total. The fourth-order valence-corrected chi connectivity index (χ4v) is 3.45. The van der Waals surface area contributed by atoms with E-state index in [-0.39, 0.29) is 0 Å². The molecule has 0 amide bonds. The van der Waals surface area contributed by atoms with Crippen molar-refractivity contribution in [3.05, 3.63) is 45.3 Å². The molecule has 2 aromatic rings. The second-order valence-corrected chi connectivity index (χ2v) is 5.74. The topological polar surface area (TPSA) is 0 Å². The van der Waals surface area contributed by atoms with Crippen molar-refractivity contribution in [3.63, 3.8) is 0 Å². The van der Waals surface area contributed by atoms with E-state index >= 15 is 0 Å². The molecule has 0 saturated heterocycles. The van der Waals surface area contributed by atoms with Crippen LogP contribution in [-0.2, 0) is 6.42 Å². The van der Waals surface area contributed by atoms with Gasteiger partial charge in [0.05, 0.1) is 0 Å². The van der Waals surface area contributed by atoms with E-state index in [1.54, 1.807) is 0 Å². The Morgan fingerprint density at radius 3 is 2.47 bits per heavy atom. The van der Waals surface area contributed by atoms with E-state index in [1.165, 1.54) is 37.6 Å². The molecule has 0 bridgehead atoms. The summed E-state index contributed by atoms with van der Waals surface area (Å²) in [5.41, 5.74) is 7.34. The van der Waals surface area contributed by atoms with E-state index in [9.17, 15) is 0 Å². The zero-order valence-corrected chi connectivity index (χ0v) is 10.2. The maximum absolute atomic E-state index is 2.35. The van der Waals surface area contributed by atoms with Crippen LogP contribution in [0, 0.1) is 20.8 Å². The van der Waals surface area contributed by atoms with Gasteiger partial charge in [-0.15, -0.1) is 11.3 Å². The molecule has 3 rings (SSSR count). The van der Waals surface area contributed by atoms with E-state index in [4.69, 9.17) is 0 Å². The Morgan fingerprint density at radius 1 is 0.933 bits per heavy atom. The molecule has 1 aliphatic rings. The molecule has 1 aromatic carbocycles. The Morgan fingerprint density at radius 2 is 1.67 bits per heavy atom. The first-order valence-electron chi connectivity index (χ1n) is 5.35. The van der Waals surface area contributed by atoms with Crippen LogP contribution in [0.2, 0.25) is 0 Å². The van der Waals surface area contributed by atoms with Crippen molar-refractivity contribution < 1.29 is 0 Å². The van der Waals surface area contributed by atoms with Crippen molar-refractivity contribution in [2.24, 2.45) is 0 Å². The van der Waals surface area contributed by atoms with Crippen molar-refractivity contribution in [2.75, 3.05) is 0 Å². The molecule has 0 unspecified atom stereocenters. The van der Waals surface area contributed by atoms with E-state index < -0.39 is 0 Å². The van der Waals surface area contributed by atoms with Crippen molar-refractivity contribution in [3.8, 4) is 10.4 Å². The maximum Gasteiger partial charge on any atom is 0.0383 e. The second-order valence-electron chi connectivity index (χ2n) is 4.48. The first kappa shape index (κ1) is 9.17. The Kier molecular flexibility index (Phi) is 1.81. The lowest BCUT2D eigenvalue weighted by Crippen LogP contribution is -1.86. The SMILES string of the molecule is Cc1cc2c(s1)-c1cc(C)c(C)cc1C2. The average Bonchev–Trinajstić information content (AvgIpc) is 2.64. The smallest absolute Gasteiger partial charge is 0.0383 e. The Bertz CT molecular complexity index is 547. The van der Waals surface area contributed by atoms with Gasteiger partial charge in [-0.25, -0.2) is 0 Å². The van der Waals surface area contributed by atoms with E-state index in [2.05, 4.69) is 39.0 Å². The summed E-state index contributed by atoms with van der Waals surface area (Å²) < 4.78 is 0. The van der Waals surface area contributed by atoms with Crippen LogP contribution in [0.25, 0.3) is 10.4 Å². The molecule has 0 saturated carbocycles. The number of hydrogen-bond acceptors (Lipinski definition) is 1. The highest BCUT2D eigenvalue weighted by molar-refractivity contribution is 7.15. The molecule has 1 aliphatic carbocycles. The summed E-state index contributed by atoms with van der Waals surface area (Å²) in [6.45, 7) is 6.60. The van der Waals surface area contributed by atoms with Gasteiger partial charge >= 0.3 is 0 Å². The van der Waals surface area contributed by atoms with Gasteiger partial charge in [0.2, 0.25) is 0 Å². The zero-order chi connectivity index (χ0) is 10.6. The lowest BCUT2D eigenvalue weighted by Gasteiger charge is -2.05. The van der Waals surface area contributed by atoms with Gasteiger partial charge in [0.1, 0.15) is 0 Å². The van der Waals surface area contributed by atoms with Crippen molar-refractivity contribution >= 4 is 11.3 Å². The van der Waals surface area contributed by atoms with Gasteiger partial charge in [-0.3, -0.25) is 0 Å². The quantitative estimate of drug-likeness (QED) is 0.525. The molecule has 0 N–H and O–H groups in total. The standard InChI is InChI=1S/C14H14S/c1-8-4-11-7-12-6-10(3)15-14(12)13(11)5-9(8)2/h4-6H,7H2,1-3H3. The molecule has 1 heterocycles. The lowest BCUT2D eigenvalue weighted by molar-refractivity contribution is 1.23. The van der Waals surface area contributed by atoms with Crippen LogP contribution in [0.4, 0.5) is 0 Å². The minimum atomic E-state index is 1.14. The van der Waals surface area contributed by atoms with Crippen molar-refractivity contribution in [2.45, 2.75) is 27.2 Å². The van der Waals surface area contributed by atoms with Gasteiger partial charge < -0.3 is 0 Å². The summed E-state index contributed by atoms with van der Waals surface area (Å²) in [6.07, 6.45) is 1.14. The van der Waals surface area contributed by atoms with E-state index in [0.29, 0.717) is 0 Å². The number of fused-ring (bicyclic) bond motifs is 3. The van der Waals surface area contributed by atoms with Crippen LogP contribution in [0.3, 0.4) is 0 Å². The summed E-state index contributed by atoms with van der Waals surface area (Å²) in [6, 6.07) is 7.05. The van der Waals surface area contributed by atoms with Gasteiger partial charge in [0, 0.05) is 9.75 Å². The van der Waals surface area contributed by atoms with Crippen LogP contribution in [0.1, 0.15) is 27.1 Å². The predicted octanol–water partition coefficient (Wildman–Crippen LogP) is 4.24. The molecule has 0 radical (unpaired) electrons. The van der Waals surface area contributed by atoms with Gasteiger partial charge in [-0.2, -0.15) is 0 Å². The number of benzene rings is 1. The normalized spacial score (nSPS) is 12.7. The molecular weight excluding hydrogens is 200 g/mol. The fraction of sp³-hybridized carbons (Fsp3) is 0.286. The minimum absolute atomic E-state index is 1.14. The highest BCUT2D eigenvalue weighted by Crippen LogP contribution is 2.42. The third-order valence-electron chi connectivity index (χ3n) is 3.28. The maximum atomic E-state index is 2.35. The summed E-state index contributed by atoms with van der Waals surface area (Å²) in [4.78, 5) is 2.94. The molecule has 0 aliphatic heterocycles. The average molecular weight is 214 g/mol. The highest BCUT2D eigenvalue weighted by Gasteiger charge is 2.21. The summed E-state index contributed by atoms with van der Waals surface area (Å²) in [5.74, 6) is 0. The van der Waals surface area contributed by atoms with E-state index in [0.717, 1.165) is 6.42 Å². The number of aryl methyl sites for hydroxylation is 3. The first-order valence-corrected chi connectivity index (χ1v) is 6.16. The van der Waals surface area contributed by atoms with Crippen LogP contribution < -0.4 is 0 Å². The largest absolute Gasteiger partial charge is 0.140 e. The van der Waals surface area contributed by atoms with Gasteiger partial charge in [-0.1, -0.05) is 12.1 Å². The Hall–Kier alpha value is -1.08. The van der Waals surface area contributed by atoms with Crippen molar-refractivity contribution in [1.82, 2.24) is 0 Å². The van der Waals surface area contributed by atoms with Crippen LogP contribution in [-0.4, -0.2) is 0 Å². The number of hydrogen-bond donors (Lipinski definition) is 0.